The first-order chi connectivity index (χ1) is 2.91. The summed E-state index contributed by atoms with van der Waals surface area (Å²) >= 11 is 0. The van der Waals surface area contributed by atoms with Gasteiger partial charge in [0.2, 0.25) is 0 Å². The second kappa shape index (κ2) is 4.14. The average Bonchev–Trinajstić information content (AvgIpc) is 1.61. The monoisotopic (exact) mass is 85.0 g/mol. The van der Waals surface area contributed by atoms with Crippen LogP contribution < -0.4 is 0 Å². The Morgan fingerprint density at radius 3 is 2.50 bits per heavy atom. The maximum Gasteiger partial charge on any atom is 0.120 e. The van der Waals surface area contributed by atoms with Crippen LogP contribution in [0.4, 0.5) is 0 Å². The molecule has 33 valence electrons. The number of rotatable bonds is 2. The van der Waals surface area contributed by atoms with Gasteiger partial charge in [-0.1, -0.05) is 6.08 Å². The van der Waals surface area contributed by atoms with Crippen LogP contribution in [0.3, 0.4) is 0 Å². The van der Waals surface area contributed by atoms with E-state index in [1.807, 2.05) is 0 Å². The van der Waals surface area contributed by atoms with Gasteiger partial charge in [0.1, 0.15) is 6.54 Å². The van der Waals surface area contributed by atoms with Gasteiger partial charge in [-0.3, -0.25) is 0 Å². The Kier molecular flexibility index (Phi) is 3.55. The summed E-state index contributed by atoms with van der Waals surface area (Å²) in [5.74, 6) is 0. The maximum absolute atomic E-state index is 7.58. The van der Waals surface area contributed by atoms with Gasteiger partial charge in [0.25, 0.3) is 0 Å². The molecule has 3 heteroatoms. The van der Waals surface area contributed by atoms with Crippen LogP contribution >= 0.6 is 0 Å². The Labute approximate surface area is 36.0 Å². The molecular weight excluding hydrogens is 80.0 g/mol. The van der Waals surface area contributed by atoms with E-state index in [4.69, 9.17) is 5.21 Å². The molecule has 1 N–H and O–H groups in total. The third-order valence-electron chi connectivity index (χ3n) is 0.224. The molecule has 0 bridgehead atoms. The highest BCUT2D eigenvalue weighted by molar-refractivity contribution is 4.81. The van der Waals surface area contributed by atoms with Gasteiger partial charge in [-0.15, -0.1) is 11.7 Å². The van der Waals surface area contributed by atoms with E-state index in [2.05, 4.69) is 17.0 Å². The van der Waals surface area contributed by atoms with Crippen LogP contribution in [0.1, 0.15) is 0 Å². The lowest BCUT2D eigenvalue weighted by Crippen LogP contribution is -1.52. The first kappa shape index (κ1) is 5.14. The van der Waals surface area contributed by atoms with Gasteiger partial charge in [0.05, 0.1) is 0 Å². The Hall–Kier alpha value is -0.860. The highest BCUT2D eigenvalue weighted by atomic mass is 16.5. The summed E-state index contributed by atoms with van der Waals surface area (Å²) in [5.41, 5.74) is 0. The standard InChI is InChI=1S/C3H5N2O/c1-2-3-4-5-6/h2-3H,1H2,(H,4,6). The summed E-state index contributed by atoms with van der Waals surface area (Å²) in [5, 5.41) is 13.0. The van der Waals surface area contributed by atoms with Crippen LogP contribution in [0.25, 0.3) is 0 Å². The minimum absolute atomic E-state index is 1.28. The van der Waals surface area contributed by atoms with E-state index in [1.165, 1.54) is 12.6 Å². The molecule has 3 nitrogen and oxygen atoms in total. The molecule has 0 aliphatic carbocycles. The largest absolute Gasteiger partial charge is 0.395 e. The Balaban J connectivity index is 2.85. The van der Waals surface area contributed by atoms with E-state index in [9.17, 15) is 0 Å². The lowest BCUT2D eigenvalue weighted by Gasteiger charge is -1.67. The fourth-order valence-electron chi connectivity index (χ4n) is 0.0770. The molecule has 0 aliphatic rings. The summed E-state index contributed by atoms with van der Waals surface area (Å²) in [6.45, 7) is 4.56. The van der Waals surface area contributed by atoms with Gasteiger partial charge in [0, 0.05) is 5.28 Å². The zero-order chi connectivity index (χ0) is 4.83. The van der Waals surface area contributed by atoms with Crippen molar-refractivity contribution >= 4 is 0 Å². The normalized spacial score (nSPS) is 9.33. The van der Waals surface area contributed by atoms with Crippen LogP contribution in [-0.4, -0.2) is 5.21 Å². The van der Waals surface area contributed by atoms with Crippen molar-refractivity contribution < 1.29 is 5.21 Å². The van der Waals surface area contributed by atoms with Gasteiger partial charge in [-0.05, 0) is 0 Å². The predicted octanol–water partition coefficient (Wildman–Crippen LogP) is 1.18. The molecule has 0 amide bonds. The average molecular weight is 85.1 g/mol. The van der Waals surface area contributed by atoms with Crippen LogP contribution in [0.5, 0.6) is 0 Å². The van der Waals surface area contributed by atoms with E-state index in [0.717, 1.165) is 0 Å². The molecule has 0 spiro atoms. The second-order valence-corrected chi connectivity index (χ2v) is 0.590. The zero-order valence-electron chi connectivity index (χ0n) is 3.20. The fourth-order valence-corrected chi connectivity index (χ4v) is 0.0770. The molecule has 0 atom stereocenters. The van der Waals surface area contributed by atoms with Crippen molar-refractivity contribution in [1.82, 2.24) is 0 Å². The molecule has 0 aliphatic heterocycles. The predicted molar refractivity (Wildman–Crippen MR) is 21.1 cm³/mol. The minimum Gasteiger partial charge on any atom is -0.395 e. The van der Waals surface area contributed by atoms with Crippen molar-refractivity contribution in [2.24, 2.45) is 10.4 Å². The quantitative estimate of drug-likeness (QED) is 0.397. The smallest absolute Gasteiger partial charge is 0.120 e. The van der Waals surface area contributed by atoms with E-state index < -0.39 is 0 Å². The van der Waals surface area contributed by atoms with E-state index >= 15 is 0 Å². The van der Waals surface area contributed by atoms with Crippen molar-refractivity contribution in [3.05, 3.63) is 19.2 Å². The van der Waals surface area contributed by atoms with E-state index in [1.54, 1.807) is 0 Å². The van der Waals surface area contributed by atoms with Crippen LogP contribution in [0.2, 0.25) is 0 Å². The highest BCUT2D eigenvalue weighted by Crippen LogP contribution is 1.76. The molecule has 0 heterocycles. The minimum atomic E-state index is 1.28. The van der Waals surface area contributed by atoms with Gasteiger partial charge in [-0.25, -0.2) is 0 Å². The third-order valence-corrected chi connectivity index (χ3v) is 0.224. The van der Waals surface area contributed by atoms with Gasteiger partial charge in [0.15, 0.2) is 0 Å². The van der Waals surface area contributed by atoms with Gasteiger partial charge < -0.3 is 5.21 Å². The van der Waals surface area contributed by atoms with Crippen molar-refractivity contribution in [3.63, 3.8) is 0 Å². The molecule has 0 saturated heterocycles. The maximum atomic E-state index is 7.58. The third kappa shape index (κ3) is 3.14. The number of hydrogen-bond acceptors (Lipinski definition) is 2. The summed E-state index contributed by atoms with van der Waals surface area (Å²) in [6.07, 6.45) is 1.42. The van der Waals surface area contributed by atoms with Crippen molar-refractivity contribution in [2.45, 2.75) is 0 Å². The van der Waals surface area contributed by atoms with Crippen LogP contribution in [0.15, 0.2) is 23.0 Å². The van der Waals surface area contributed by atoms with Crippen molar-refractivity contribution in [2.75, 3.05) is 0 Å². The molecule has 0 aromatic rings. The zero-order valence-corrected chi connectivity index (χ0v) is 3.20. The first-order valence-electron chi connectivity index (χ1n) is 1.40. The molecular formula is C3H5N2O. The fraction of sp³-hybridized carbons (Fsp3) is 0. The highest BCUT2D eigenvalue weighted by Gasteiger charge is 1.61. The summed E-state index contributed by atoms with van der Waals surface area (Å²) < 4.78 is 0. The number of hydrogen-bond donors (Lipinski definition) is 1. The molecule has 0 aromatic heterocycles. The lowest BCUT2D eigenvalue weighted by molar-refractivity contribution is 0.286. The van der Waals surface area contributed by atoms with Crippen molar-refractivity contribution in [3.8, 4) is 0 Å². The molecule has 0 fully saturated rings. The second-order valence-electron chi connectivity index (χ2n) is 0.590. The molecule has 0 unspecified atom stereocenters. The molecule has 0 saturated carbocycles. The Bertz CT molecular complexity index is 59.8. The Morgan fingerprint density at radius 2 is 2.33 bits per heavy atom. The lowest BCUT2D eigenvalue weighted by atomic mass is 10.7. The van der Waals surface area contributed by atoms with Gasteiger partial charge in [-0.2, -0.15) is 0 Å². The SMILES string of the molecule is C=C[CH]N=NO. The Morgan fingerprint density at radius 1 is 1.67 bits per heavy atom. The number of nitrogens with zero attached hydrogens (tertiary/aromatic N) is 2. The van der Waals surface area contributed by atoms with Crippen LogP contribution in [-0.2, 0) is 0 Å². The summed E-state index contributed by atoms with van der Waals surface area (Å²) in [6, 6.07) is 0. The van der Waals surface area contributed by atoms with Gasteiger partial charge >= 0.3 is 0 Å². The van der Waals surface area contributed by atoms with Crippen LogP contribution in [0, 0.1) is 6.54 Å². The van der Waals surface area contributed by atoms with Crippen molar-refractivity contribution in [1.29, 1.82) is 0 Å². The van der Waals surface area contributed by atoms with E-state index in [0.29, 0.717) is 0 Å². The molecule has 1 radical (unpaired) electrons. The van der Waals surface area contributed by atoms with E-state index in [-0.39, 0.29) is 0 Å². The molecule has 6 heavy (non-hydrogen) atoms. The topological polar surface area (TPSA) is 45.0 Å². The first-order valence-corrected chi connectivity index (χ1v) is 1.40. The molecule has 0 aromatic carbocycles. The summed E-state index contributed by atoms with van der Waals surface area (Å²) in [7, 11) is 0. The summed E-state index contributed by atoms with van der Waals surface area (Å²) in [4.78, 5) is 0. The molecule has 0 rings (SSSR count).